The molecule has 0 bridgehead atoms. The lowest BCUT2D eigenvalue weighted by Crippen LogP contribution is -2.27. The third-order valence-corrected chi connectivity index (χ3v) is 11.1. The molecule has 6 rings (SSSR count). The standard InChI is InChI=1S/C40H48N10O2S2/c1-25-11-15-31(16-12-25)21-33-27(3)43-37-45-39(47-49(37)29(33)5)53-23-35(51)41-19-9-7-8-10-20-42-36(52)24-54-40-46-38-44-28(4)34(30(6)50(38)48-40)22-32-17-13-26(2)14-18-32/h11-18H,7-10,19-24H2,1-6H3,(H,41,51)(H,42,52). The monoisotopic (exact) mass is 764 g/mol. The summed E-state index contributed by atoms with van der Waals surface area (Å²) in [5, 5.41) is 16.3. The van der Waals surface area contributed by atoms with Gasteiger partial charge in [0.1, 0.15) is 0 Å². The topological polar surface area (TPSA) is 144 Å². The van der Waals surface area contributed by atoms with E-state index in [1.54, 1.807) is 9.03 Å². The minimum atomic E-state index is -0.0478. The van der Waals surface area contributed by atoms with Gasteiger partial charge in [0, 0.05) is 48.7 Å². The van der Waals surface area contributed by atoms with Gasteiger partial charge in [0.15, 0.2) is 0 Å². The molecule has 0 aliphatic carbocycles. The zero-order chi connectivity index (χ0) is 38.2. The van der Waals surface area contributed by atoms with Crippen molar-refractivity contribution in [2.45, 2.75) is 90.4 Å². The SMILES string of the molecule is Cc1ccc(Cc2c(C)nc3nc(SCC(=O)NCCCCCCNC(=O)CSc4nc5nc(C)c(Cc6ccc(C)cc6)c(C)n5n4)nn3c2C)cc1. The fourth-order valence-corrected chi connectivity index (χ4v) is 7.55. The number of hydrogen-bond donors (Lipinski definition) is 2. The first-order valence-corrected chi connectivity index (χ1v) is 20.4. The van der Waals surface area contributed by atoms with Crippen LogP contribution >= 0.6 is 23.5 Å². The predicted octanol–water partition coefficient (Wildman–Crippen LogP) is 6.27. The molecule has 0 atom stereocenters. The first-order chi connectivity index (χ1) is 26.0. The van der Waals surface area contributed by atoms with Crippen LogP contribution in [0.5, 0.6) is 0 Å². The molecule has 0 radical (unpaired) electrons. The molecule has 54 heavy (non-hydrogen) atoms. The van der Waals surface area contributed by atoms with Gasteiger partial charge in [-0.2, -0.15) is 9.97 Å². The number of thioether (sulfide) groups is 2. The Balaban J connectivity index is 0.849. The first kappa shape index (κ1) is 38.9. The molecule has 4 aromatic heterocycles. The first-order valence-electron chi connectivity index (χ1n) is 18.4. The van der Waals surface area contributed by atoms with Crippen LogP contribution in [0.1, 0.15) is 81.8 Å². The zero-order valence-corrected chi connectivity index (χ0v) is 33.5. The minimum Gasteiger partial charge on any atom is -0.355 e. The molecule has 282 valence electrons. The number of carbonyl (C=O) groups is 2. The van der Waals surface area contributed by atoms with Crippen molar-refractivity contribution in [3.8, 4) is 0 Å². The summed E-state index contributed by atoms with van der Waals surface area (Å²) >= 11 is 2.63. The van der Waals surface area contributed by atoms with Crippen LogP contribution < -0.4 is 10.6 Å². The van der Waals surface area contributed by atoms with Crippen molar-refractivity contribution in [1.82, 2.24) is 49.8 Å². The quantitative estimate of drug-likeness (QED) is 0.0806. The van der Waals surface area contributed by atoms with Crippen LogP contribution in [-0.2, 0) is 22.4 Å². The number of carbonyl (C=O) groups excluding carboxylic acids is 2. The van der Waals surface area contributed by atoms with Gasteiger partial charge in [-0.25, -0.2) is 19.0 Å². The van der Waals surface area contributed by atoms with E-state index >= 15 is 0 Å². The summed E-state index contributed by atoms with van der Waals surface area (Å²) in [6.07, 6.45) is 5.22. The maximum absolute atomic E-state index is 12.5. The number of amides is 2. The summed E-state index contributed by atoms with van der Waals surface area (Å²) in [7, 11) is 0. The van der Waals surface area contributed by atoms with Crippen molar-refractivity contribution < 1.29 is 9.59 Å². The smallest absolute Gasteiger partial charge is 0.253 e. The van der Waals surface area contributed by atoms with Crippen LogP contribution in [0.25, 0.3) is 11.6 Å². The second kappa shape index (κ2) is 18.0. The highest BCUT2D eigenvalue weighted by atomic mass is 32.2. The Bertz CT molecular complexity index is 2090. The molecule has 0 aliphatic rings. The van der Waals surface area contributed by atoms with Gasteiger partial charge in [0.25, 0.3) is 11.6 Å². The number of nitrogens with one attached hydrogen (secondary N) is 2. The maximum atomic E-state index is 12.5. The van der Waals surface area contributed by atoms with Crippen molar-refractivity contribution in [3.05, 3.63) is 105 Å². The molecule has 0 unspecified atom stereocenters. The van der Waals surface area contributed by atoms with Gasteiger partial charge in [-0.3, -0.25) is 9.59 Å². The molecule has 0 aliphatic heterocycles. The Morgan fingerprint density at radius 3 is 1.33 bits per heavy atom. The van der Waals surface area contributed by atoms with E-state index in [1.807, 2.05) is 27.7 Å². The summed E-state index contributed by atoms with van der Waals surface area (Å²) in [4.78, 5) is 43.5. The summed E-state index contributed by atoms with van der Waals surface area (Å²) in [5.41, 5.74) is 11.1. The number of hydrogen-bond acceptors (Lipinski definition) is 10. The Labute approximate surface area is 324 Å². The number of unbranched alkanes of at least 4 members (excludes halogenated alkanes) is 3. The summed E-state index contributed by atoms with van der Waals surface area (Å²) < 4.78 is 3.55. The number of aryl methyl sites for hydroxylation is 6. The van der Waals surface area contributed by atoms with Crippen molar-refractivity contribution in [3.63, 3.8) is 0 Å². The van der Waals surface area contributed by atoms with Crippen LogP contribution in [0.3, 0.4) is 0 Å². The number of rotatable bonds is 17. The Hall–Kier alpha value is -4.82. The van der Waals surface area contributed by atoms with E-state index in [4.69, 9.17) is 9.97 Å². The number of aromatic nitrogens is 8. The maximum Gasteiger partial charge on any atom is 0.253 e. The van der Waals surface area contributed by atoms with Gasteiger partial charge < -0.3 is 10.6 Å². The third kappa shape index (κ3) is 10.0. The fraction of sp³-hybridized carbons (Fsp3) is 0.400. The van der Waals surface area contributed by atoms with Crippen LogP contribution in [0.4, 0.5) is 0 Å². The van der Waals surface area contributed by atoms with Crippen LogP contribution in [0, 0.1) is 41.5 Å². The van der Waals surface area contributed by atoms with Gasteiger partial charge in [0.2, 0.25) is 22.1 Å². The second-order valence-corrected chi connectivity index (χ2v) is 15.6. The number of nitrogens with zero attached hydrogens (tertiary/aromatic N) is 8. The average Bonchev–Trinajstić information content (AvgIpc) is 3.76. The molecule has 0 saturated heterocycles. The van der Waals surface area contributed by atoms with Gasteiger partial charge in [0.05, 0.1) is 11.5 Å². The van der Waals surface area contributed by atoms with Crippen LogP contribution in [0.15, 0.2) is 58.8 Å². The van der Waals surface area contributed by atoms with E-state index in [9.17, 15) is 9.59 Å². The Kier molecular flexibility index (Phi) is 13.0. The van der Waals surface area contributed by atoms with E-state index in [1.165, 1.54) is 45.8 Å². The predicted molar refractivity (Wildman–Crippen MR) is 214 cm³/mol. The molecule has 0 spiro atoms. The third-order valence-electron chi connectivity index (χ3n) is 9.47. The minimum absolute atomic E-state index is 0.0478. The Morgan fingerprint density at radius 1 is 0.556 bits per heavy atom. The van der Waals surface area contributed by atoms with E-state index < -0.39 is 0 Å². The van der Waals surface area contributed by atoms with Gasteiger partial charge in [-0.1, -0.05) is 96.0 Å². The normalized spacial score (nSPS) is 11.4. The summed E-state index contributed by atoms with van der Waals surface area (Å²) in [6.45, 7) is 13.5. The highest BCUT2D eigenvalue weighted by molar-refractivity contribution is 8.00. The molecule has 4 heterocycles. The van der Waals surface area contributed by atoms with Crippen molar-refractivity contribution in [2.75, 3.05) is 24.6 Å². The summed E-state index contributed by atoms with van der Waals surface area (Å²) in [5.74, 6) is 1.48. The van der Waals surface area contributed by atoms with Gasteiger partial charge >= 0.3 is 0 Å². The van der Waals surface area contributed by atoms with Gasteiger partial charge in [-0.05, 0) is 76.6 Å². The molecule has 2 N–H and O–H groups in total. The fourth-order valence-electron chi connectivity index (χ4n) is 6.26. The number of fused-ring (bicyclic) bond motifs is 2. The lowest BCUT2D eigenvalue weighted by Gasteiger charge is -2.10. The molecular formula is C40H48N10O2S2. The zero-order valence-electron chi connectivity index (χ0n) is 31.9. The molecule has 2 amide bonds. The largest absolute Gasteiger partial charge is 0.355 e. The van der Waals surface area contributed by atoms with Crippen molar-refractivity contribution in [2.24, 2.45) is 0 Å². The van der Waals surface area contributed by atoms with E-state index in [2.05, 4.69) is 93.2 Å². The van der Waals surface area contributed by atoms with Crippen LogP contribution in [-0.4, -0.2) is 75.6 Å². The molecule has 14 heteroatoms. The lowest BCUT2D eigenvalue weighted by molar-refractivity contribution is -0.119. The van der Waals surface area contributed by atoms with E-state index in [0.717, 1.165) is 72.4 Å². The van der Waals surface area contributed by atoms with Crippen molar-refractivity contribution >= 4 is 46.9 Å². The lowest BCUT2D eigenvalue weighted by atomic mass is 10.0. The van der Waals surface area contributed by atoms with Crippen LogP contribution in [0.2, 0.25) is 0 Å². The molecule has 0 fully saturated rings. The van der Waals surface area contributed by atoms with E-state index in [0.29, 0.717) is 35.0 Å². The Morgan fingerprint density at radius 2 is 0.944 bits per heavy atom. The van der Waals surface area contributed by atoms with Gasteiger partial charge in [-0.15, -0.1) is 10.2 Å². The highest BCUT2D eigenvalue weighted by Gasteiger charge is 2.17. The molecule has 2 aromatic carbocycles. The second-order valence-electron chi connectivity index (χ2n) is 13.8. The molecule has 6 aromatic rings. The van der Waals surface area contributed by atoms with Crippen molar-refractivity contribution in [1.29, 1.82) is 0 Å². The molecule has 0 saturated carbocycles. The average molecular weight is 765 g/mol. The summed E-state index contributed by atoms with van der Waals surface area (Å²) in [6, 6.07) is 17.1. The number of benzene rings is 2. The molecular weight excluding hydrogens is 717 g/mol. The van der Waals surface area contributed by atoms with E-state index in [-0.39, 0.29) is 23.3 Å². The molecule has 12 nitrogen and oxygen atoms in total. The highest BCUT2D eigenvalue weighted by Crippen LogP contribution is 2.23.